The third-order valence-electron chi connectivity index (χ3n) is 2.26. The number of ether oxygens (including phenoxy) is 1. The fourth-order valence-corrected chi connectivity index (χ4v) is 1.86. The summed E-state index contributed by atoms with van der Waals surface area (Å²) in [6.07, 6.45) is -4.74. The van der Waals surface area contributed by atoms with E-state index in [1.165, 1.54) is 26.0 Å². The summed E-state index contributed by atoms with van der Waals surface area (Å²) in [7, 11) is -3.40. The third kappa shape index (κ3) is 5.48. The van der Waals surface area contributed by atoms with Crippen molar-refractivity contribution in [2.24, 2.45) is 0 Å². The first-order valence-corrected chi connectivity index (χ1v) is 6.98. The molecule has 0 amide bonds. The highest BCUT2D eigenvalue weighted by Gasteiger charge is 2.30. The Hall–Kier alpha value is -1.28. The molecule has 1 aromatic rings. The second kappa shape index (κ2) is 5.79. The topological polar surface area (TPSA) is 55.4 Å². The maximum atomic E-state index is 11.9. The van der Waals surface area contributed by atoms with Gasteiger partial charge in [-0.15, -0.1) is 13.2 Å². The highest BCUT2D eigenvalue weighted by molar-refractivity contribution is 7.90. The fraction of sp³-hybridized carbons (Fsp3) is 0.455. The molecule has 0 spiro atoms. The lowest BCUT2D eigenvalue weighted by atomic mass is 10.2. The van der Waals surface area contributed by atoms with Gasteiger partial charge in [-0.05, 0) is 31.5 Å². The molecule has 8 heteroatoms. The number of rotatable bonds is 5. The SMILES string of the molecule is CC(C)S(=O)(=O)NCc1ccc(OC(F)(F)F)cc1. The van der Waals surface area contributed by atoms with Crippen molar-refractivity contribution >= 4 is 10.0 Å². The van der Waals surface area contributed by atoms with Gasteiger partial charge in [-0.25, -0.2) is 13.1 Å². The average Bonchev–Trinajstić information content (AvgIpc) is 2.26. The summed E-state index contributed by atoms with van der Waals surface area (Å²) in [6.45, 7) is 3.08. The Morgan fingerprint density at radius 1 is 1.21 bits per heavy atom. The van der Waals surface area contributed by atoms with Gasteiger partial charge >= 0.3 is 6.36 Å². The molecule has 0 bridgehead atoms. The summed E-state index contributed by atoms with van der Waals surface area (Å²) in [5.74, 6) is -0.344. The zero-order valence-electron chi connectivity index (χ0n) is 10.4. The van der Waals surface area contributed by atoms with Crippen molar-refractivity contribution in [3.63, 3.8) is 0 Å². The van der Waals surface area contributed by atoms with Crippen LogP contribution in [0.15, 0.2) is 24.3 Å². The van der Waals surface area contributed by atoms with E-state index in [0.717, 1.165) is 12.1 Å². The third-order valence-corrected chi connectivity index (χ3v) is 4.04. The van der Waals surface area contributed by atoms with Crippen molar-refractivity contribution in [2.75, 3.05) is 0 Å². The van der Waals surface area contributed by atoms with Crippen LogP contribution in [0.4, 0.5) is 13.2 Å². The number of nitrogens with one attached hydrogen (secondary N) is 1. The molecule has 0 saturated carbocycles. The smallest absolute Gasteiger partial charge is 0.406 e. The van der Waals surface area contributed by atoms with Crippen molar-refractivity contribution < 1.29 is 26.3 Å². The van der Waals surface area contributed by atoms with Crippen LogP contribution in [0.25, 0.3) is 0 Å². The van der Waals surface area contributed by atoms with E-state index in [-0.39, 0.29) is 12.3 Å². The van der Waals surface area contributed by atoms with Gasteiger partial charge in [0.2, 0.25) is 10.0 Å². The first-order valence-electron chi connectivity index (χ1n) is 5.43. The standard InChI is InChI=1S/C11H14F3NO3S/c1-8(2)19(16,17)15-7-9-3-5-10(6-4-9)18-11(12,13)14/h3-6,8,15H,7H2,1-2H3. The number of sulfonamides is 1. The molecule has 0 fully saturated rings. The van der Waals surface area contributed by atoms with E-state index in [9.17, 15) is 21.6 Å². The monoisotopic (exact) mass is 297 g/mol. The molecule has 1 rings (SSSR count). The summed E-state index contributed by atoms with van der Waals surface area (Å²) in [5, 5.41) is -0.569. The lowest BCUT2D eigenvalue weighted by molar-refractivity contribution is -0.274. The first-order chi connectivity index (χ1) is 8.60. The lowest BCUT2D eigenvalue weighted by Gasteiger charge is -2.11. The van der Waals surface area contributed by atoms with E-state index in [1.54, 1.807) is 0 Å². The highest BCUT2D eigenvalue weighted by Crippen LogP contribution is 2.22. The molecule has 0 aliphatic heterocycles. The van der Waals surface area contributed by atoms with Gasteiger partial charge in [0.05, 0.1) is 5.25 Å². The molecule has 0 aliphatic carbocycles. The molecule has 0 unspecified atom stereocenters. The summed E-state index contributed by atoms with van der Waals surface area (Å²) in [5.41, 5.74) is 0.541. The molecular formula is C11H14F3NO3S. The summed E-state index contributed by atoms with van der Waals surface area (Å²) < 4.78 is 64.8. The zero-order chi connectivity index (χ0) is 14.7. The Labute approximate surface area is 109 Å². The van der Waals surface area contributed by atoms with Gasteiger partial charge in [0.15, 0.2) is 0 Å². The van der Waals surface area contributed by atoms with E-state index in [2.05, 4.69) is 9.46 Å². The molecule has 19 heavy (non-hydrogen) atoms. The Bertz CT molecular complexity index is 509. The van der Waals surface area contributed by atoms with Crippen molar-refractivity contribution in [1.29, 1.82) is 0 Å². The van der Waals surface area contributed by atoms with E-state index in [0.29, 0.717) is 5.56 Å². The van der Waals surface area contributed by atoms with Gasteiger partial charge in [0.1, 0.15) is 5.75 Å². The second-order valence-electron chi connectivity index (χ2n) is 4.11. The number of halogens is 3. The van der Waals surface area contributed by atoms with Crippen molar-refractivity contribution in [2.45, 2.75) is 32.0 Å². The van der Waals surface area contributed by atoms with Gasteiger partial charge < -0.3 is 4.74 Å². The van der Waals surface area contributed by atoms with Crippen LogP contribution in [0.5, 0.6) is 5.75 Å². The predicted molar refractivity (Wildman–Crippen MR) is 64.0 cm³/mol. The van der Waals surface area contributed by atoms with Gasteiger partial charge in [-0.2, -0.15) is 0 Å². The first kappa shape index (κ1) is 15.8. The number of hydrogen-bond acceptors (Lipinski definition) is 3. The molecule has 0 atom stereocenters. The minimum Gasteiger partial charge on any atom is -0.406 e. The van der Waals surface area contributed by atoms with Crippen LogP contribution in [-0.4, -0.2) is 20.0 Å². The zero-order valence-corrected chi connectivity index (χ0v) is 11.2. The summed E-state index contributed by atoms with van der Waals surface area (Å²) in [6, 6.07) is 4.99. The van der Waals surface area contributed by atoms with Crippen molar-refractivity contribution in [3.8, 4) is 5.75 Å². The number of benzene rings is 1. The molecule has 1 N–H and O–H groups in total. The van der Waals surface area contributed by atoms with Crippen LogP contribution in [0, 0.1) is 0 Å². The predicted octanol–water partition coefficient (Wildman–Crippen LogP) is 2.41. The minimum atomic E-state index is -4.74. The van der Waals surface area contributed by atoms with E-state index in [4.69, 9.17) is 0 Å². The van der Waals surface area contributed by atoms with Crippen LogP contribution in [0.2, 0.25) is 0 Å². The molecule has 0 radical (unpaired) electrons. The highest BCUT2D eigenvalue weighted by atomic mass is 32.2. The quantitative estimate of drug-likeness (QED) is 0.908. The Balaban J connectivity index is 2.63. The van der Waals surface area contributed by atoms with E-state index >= 15 is 0 Å². The Kier molecular flexibility index (Phi) is 4.81. The lowest BCUT2D eigenvalue weighted by Crippen LogP contribution is -2.30. The Morgan fingerprint density at radius 3 is 2.16 bits per heavy atom. The summed E-state index contributed by atoms with van der Waals surface area (Å²) in [4.78, 5) is 0. The molecule has 4 nitrogen and oxygen atoms in total. The van der Waals surface area contributed by atoms with Gasteiger partial charge in [-0.1, -0.05) is 12.1 Å². The van der Waals surface area contributed by atoms with Gasteiger partial charge in [-0.3, -0.25) is 0 Å². The fourth-order valence-electron chi connectivity index (χ4n) is 1.16. The van der Waals surface area contributed by atoms with Crippen molar-refractivity contribution in [1.82, 2.24) is 4.72 Å². The molecule has 0 saturated heterocycles. The van der Waals surface area contributed by atoms with Crippen LogP contribution in [0.3, 0.4) is 0 Å². The molecular weight excluding hydrogens is 283 g/mol. The number of hydrogen-bond donors (Lipinski definition) is 1. The van der Waals surface area contributed by atoms with Crippen LogP contribution < -0.4 is 9.46 Å². The second-order valence-corrected chi connectivity index (χ2v) is 6.43. The largest absolute Gasteiger partial charge is 0.573 e. The minimum absolute atomic E-state index is 0.0206. The molecule has 0 aromatic heterocycles. The van der Waals surface area contributed by atoms with E-state index in [1.807, 2.05) is 0 Å². The molecule has 0 heterocycles. The molecule has 0 aliphatic rings. The average molecular weight is 297 g/mol. The van der Waals surface area contributed by atoms with Crippen LogP contribution in [-0.2, 0) is 16.6 Å². The molecule has 108 valence electrons. The van der Waals surface area contributed by atoms with Gasteiger partial charge in [0, 0.05) is 6.54 Å². The van der Waals surface area contributed by atoms with Crippen LogP contribution >= 0.6 is 0 Å². The Morgan fingerprint density at radius 2 is 1.74 bits per heavy atom. The van der Waals surface area contributed by atoms with Gasteiger partial charge in [0.25, 0.3) is 0 Å². The van der Waals surface area contributed by atoms with Crippen LogP contribution in [0.1, 0.15) is 19.4 Å². The van der Waals surface area contributed by atoms with E-state index < -0.39 is 21.6 Å². The molecule has 1 aromatic carbocycles. The maximum absolute atomic E-state index is 11.9. The normalized spacial score (nSPS) is 12.7. The maximum Gasteiger partial charge on any atom is 0.573 e. The van der Waals surface area contributed by atoms with Crippen molar-refractivity contribution in [3.05, 3.63) is 29.8 Å². The summed E-state index contributed by atoms with van der Waals surface area (Å²) >= 11 is 0. The number of alkyl halides is 3.